The first-order valence-corrected chi connectivity index (χ1v) is 6.49. The first-order chi connectivity index (χ1) is 9.43. The number of amides is 1. The number of hydrogen-bond acceptors (Lipinski definition) is 4. The molecular formula is C15H21NO4. The molecule has 1 amide bonds. The van der Waals surface area contributed by atoms with E-state index in [1.165, 1.54) is 12.0 Å². The molecule has 1 aromatic carbocycles. The number of methoxy groups -OCH3 is 1. The molecule has 0 N–H and O–H groups in total. The molecule has 0 aliphatic carbocycles. The Kier molecular flexibility index (Phi) is 6.03. The molecule has 0 bridgehead atoms. The molecule has 0 aliphatic heterocycles. The van der Waals surface area contributed by atoms with Gasteiger partial charge in [0.2, 0.25) is 0 Å². The lowest BCUT2D eigenvalue weighted by Crippen LogP contribution is -2.33. The van der Waals surface area contributed by atoms with Crippen molar-refractivity contribution in [1.82, 2.24) is 4.90 Å². The first kappa shape index (κ1) is 16.0. The highest BCUT2D eigenvalue weighted by Gasteiger charge is 2.16. The van der Waals surface area contributed by atoms with Gasteiger partial charge in [-0.3, -0.25) is 9.59 Å². The van der Waals surface area contributed by atoms with Gasteiger partial charge in [0.25, 0.3) is 5.91 Å². The highest BCUT2D eigenvalue weighted by molar-refractivity contribution is 5.96. The largest absolute Gasteiger partial charge is 0.497 e. The Bertz CT molecular complexity index is 471. The van der Waals surface area contributed by atoms with Crippen molar-refractivity contribution in [2.45, 2.75) is 13.8 Å². The lowest BCUT2D eigenvalue weighted by Gasteiger charge is -2.17. The van der Waals surface area contributed by atoms with Gasteiger partial charge in [0.05, 0.1) is 13.7 Å². The van der Waals surface area contributed by atoms with Crippen LogP contribution in [0, 0.1) is 5.92 Å². The Labute approximate surface area is 119 Å². The van der Waals surface area contributed by atoms with Gasteiger partial charge in [0, 0.05) is 12.6 Å². The van der Waals surface area contributed by atoms with Crippen LogP contribution in [0.1, 0.15) is 24.2 Å². The minimum absolute atomic E-state index is 0.0667. The predicted octanol–water partition coefficient (Wildman–Crippen LogP) is 1.97. The van der Waals surface area contributed by atoms with Crippen molar-refractivity contribution >= 4 is 11.9 Å². The van der Waals surface area contributed by atoms with Crippen LogP contribution in [-0.4, -0.2) is 44.1 Å². The minimum Gasteiger partial charge on any atom is -0.497 e. The molecule has 20 heavy (non-hydrogen) atoms. The minimum atomic E-state index is -0.405. The van der Waals surface area contributed by atoms with Crippen molar-refractivity contribution in [3.05, 3.63) is 29.8 Å². The summed E-state index contributed by atoms with van der Waals surface area (Å²) in [5.74, 6) is 0.229. The Morgan fingerprint density at radius 3 is 2.60 bits per heavy atom. The summed E-state index contributed by atoms with van der Waals surface area (Å²) in [4.78, 5) is 25.1. The number of likely N-dealkylation sites (N-methyl/N-ethyl adjacent to an activating group) is 1. The summed E-state index contributed by atoms with van der Waals surface area (Å²) in [6, 6.07) is 6.81. The SMILES string of the molecule is COc1cccc(C(=O)N(C)CC(=O)OCC(C)C)c1. The molecule has 0 saturated heterocycles. The quantitative estimate of drug-likeness (QED) is 0.747. The maximum absolute atomic E-state index is 12.1. The molecular weight excluding hydrogens is 258 g/mol. The predicted molar refractivity (Wildman–Crippen MR) is 75.8 cm³/mol. The summed E-state index contributed by atoms with van der Waals surface area (Å²) < 4.78 is 10.1. The van der Waals surface area contributed by atoms with E-state index < -0.39 is 5.97 Å². The highest BCUT2D eigenvalue weighted by Crippen LogP contribution is 2.13. The van der Waals surface area contributed by atoms with Gasteiger partial charge in [0.1, 0.15) is 12.3 Å². The monoisotopic (exact) mass is 279 g/mol. The first-order valence-electron chi connectivity index (χ1n) is 6.49. The van der Waals surface area contributed by atoms with Crippen molar-refractivity contribution in [2.24, 2.45) is 5.92 Å². The van der Waals surface area contributed by atoms with Gasteiger partial charge >= 0.3 is 5.97 Å². The second kappa shape index (κ2) is 7.53. The maximum Gasteiger partial charge on any atom is 0.325 e. The zero-order valence-corrected chi connectivity index (χ0v) is 12.4. The Hall–Kier alpha value is -2.04. The van der Waals surface area contributed by atoms with Crippen molar-refractivity contribution in [3.63, 3.8) is 0 Å². The summed E-state index contributed by atoms with van der Waals surface area (Å²) in [6.07, 6.45) is 0. The van der Waals surface area contributed by atoms with Crippen LogP contribution < -0.4 is 4.74 Å². The number of carbonyl (C=O) groups excluding carboxylic acids is 2. The molecule has 0 heterocycles. The molecule has 0 spiro atoms. The molecule has 0 radical (unpaired) electrons. The number of nitrogens with zero attached hydrogens (tertiary/aromatic N) is 1. The van der Waals surface area contributed by atoms with E-state index in [0.717, 1.165) is 0 Å². The summed E-state index contributed by atoms with van der Waals surface area (Å²) in [7, 11) is 3.11. The second-order valence-electron chi connectivity index (χ2n) is 4.97. The van der Waals surface area contributed by atoms with Crippen molar-refractivity contribution in [3.8, 4) is 5.75 Å². The number of hydrogen-bond donors (Lipinski definition) is 0. The van der Waals surface area contributed by atoms with E-state index in [0.29, 0.717) is 17.9 Å². The summed E-state index contributed by atoms with van der Waals surface area (Å²) >= 11 is 0. The lowest BCUT2D eigenvalue weighted by atomic mass is 10.2. The molecule has 0 fully saturated rings. The van der Waals surface area contributed by atoms with Crippen LogP contribution in [0.3, 0.4) is 0 Å². The van der Waals surface area contributed by atoms with Crippen LogP contribution in [0.4, 0.5) is 0 Å². The van der Waals surface area contributed by atoms with E-state index in [1.54, 1.807) is 31.3 Å². The molecule has 1 rings (SSSR count). The molecule has 5 heteroatoms. The fourth-order valence-electron chi connectivity index (χ4n) is 1.55. The standard InChI is InChI=1S/C15H21NO4/c1-11(2)10-20-14(17)9-16(3)15(18)12-6-5-7-13(8-12)19-4/h5-8,11H,9-10H2,1-4H3. The van der Waals surface area contributed by atoms with Gasteiger partial charge in [-0.25, -0.2) is 0 Å². The van der Waals surface area contributed by atoms with Gasteiger partial charge in [-0.2, -0.15) is 0 Å². The molecule has 1 aromatic rings. The molecule has 0 aromatic heterocycles. The average molecular weight is 279 g/mol. The number of rotatable bonds is 6. The number of carbonyl (C=O) groups is 2. The van der Waals surface area contributed by atoms with Crippen LogP contribution in [-0.2, 0) is 9.53 Å². The van der Waals surface area contributed by atoms with Crippen molar-refractivity contribution in [2.75, 3.05) is 27.3 Å². The van der Waals surface area contributed by atoms with E-state index in [1.807, 2.05) is 13.8 Å². The zero-order chi connectivity index (χ0) is 15.1. The van der Waals surface area contributed by atoms with E-state index >= 15 is 0 Å². The summed E-state index contributed by atoms with van der Waals surface area (Å²) in [5, 5.41) is 0. The van der Waals surface area contributed by atoms with Crippen LogP contribution in [0.25, 0.3) is 0 Å². The van der Waals surface area contributed by atoms with E-state index in [4.69, 9.17) is 9.47 Å². The highest BCUT2D eigenvalue weighted by atomic mass is 16.5. The smallest absolute Gasteiger partial charge is 0.325 e. The number of ether oxygens (including phenoxy) is 2. The van der Waals surface area contributed by atoms with Crippen molar-refractivity contribution in [1.29, 1.82) is 0 Å². The summed E-state index contributed by atoms with van der Waals surface area (Å²) in [5.41, 5.74) is 0.475. The summed E-state index contributed by atoms with van der Waals surface area (Å²) in [6.45, 7) is 4.21. The van der Waals surface area contributed by atoms with Gasteiger partial charge in [-0.1, -0.05) is 19.9 Å². The topological polar surface area (TPSA) is 55.8 Å². The second-order valence-corrected chi connectivity index (χ2v) is 4.97. The van der Waals surface area contributed by atoms with Crippen LogP contribution in [0.15, 0.2) is 24.3 Å². The van der Waals surface area contributed by atoms with Gasteiger partial charge in [0.15, 0.2) is 0 Å². The fraction of sp³-hybridized carbons (Fsp3) is 0.467. The lowest BCUT2D eigenvalue weighted by molar-refractivity contribution is -0.145. The van der Waals surface area contributed by atoms with Gasteiger partial charge < -0.3 is 14.4 Å². The van der Waals surface area contributed by atoms with Crippen LogP contribution >= 0.6 is 0 Å². The molecule has 5 nitrogen and oxygen atoms in total. The Morgan fingerprint density at radius 2 is 2.00 bits per heavy atom. The molecule has 110 valence electrons. The van der Waals surface area contributed by atoms with E-state index in [9.17, 15) is 9.59 Å². The van der Waals surface area contributed by atoms with Crippen LogP contribution in [0.2, 0.25) is 0 Å². The third-order valence-electron chi connectivity index (χ3n) is 2.61. The molecule has 0 unspecified atom stereocenters. The maximum atomic E-state index is 12.1. The third-order valence-corrected chi connectivity index (χ3v) is 2.61. The van der Waals surface area contributed by atoms with E-state index in [-0.39, 0.29) is 18.4 Å². The molecule has 0 saturated carbocycles. The molecule has 0 atom stereocenters. The Morgan fingerprint density at radius 1 is 1.30 bits per heavy atom. The van der Waals surface area contributed by atoms with Crippen molar-refractivity contribution < 1.29 is 19.1 Å². The normalized spacial score (nSPS) is 10.2. The third kappa shape index (κ3) is 4.91. The molecule has 0 aliphatic rings. The van der Waals surface area contributed by atoms with Gasteiger partial charge in [-0.05, 0) is 24.1 Å². The average Bonchev–Trinajstić information content (AvgIpc) is 2.44. The van der Waals surface area contributed by atoms with E-state index in [2.05, 4.69) is 0 Å². The zero-order valence-electron chi connectivity index (χ0n) is 12.4. The van der Waals surface area contributed by atoms with Gasteiger partial charge in [-0.15, -0.1) is 0 Å². The number of benzene rings is 1. The fourth-order valence-corrected chi connectivity index (χ4v) is 1.55. The van der Waals surface area contributed by atoms with Crippen LogP contribution in [0.5, 0.6) is 5.75 Å². The Balaban J connectivity index is 2.60. The number of esters is 1.